The molecule has 0 aliphatic heterocycles. The fraction of sp³-hybridized carbons (Fsp3) is 0.312. The van der Waals surface area contributed by atoms with Crippen LogP contribution in [-0.2, 0) is 0 Å². The minimum Gasteiger partial charge on any atom is -0.354 e. The number of halogens is 1. The van der Waals surface area contributed by atoms with Crippen LogP contribution in [0.5, 0.6) is 0 Å². The number of para-hydroxylation sites is 1. The van der Waals surface area contributed by atoms with E-state index in [1.807, 2.05) is 24.3 Å². The number of amides is 1. The molecule has 1 aromatic heterocycles. The van der Waals surface area contributed by atoms with E-state index in [9.17, 15) is 4.79 Å². The van der Waals surface area contributed by atoms with Crippen molar-refractivity contribution in [2.75, 3.05) is 17.2 Å². The Kier molecular flexibility index (Phi) is 5.89. The molecule has 0 radical (unpaired) electrons. The second-order valence-electron chi connectivity index (χ2n) is 5.31. The zero-order chi connectivity index (χ0) is 15.9. The summed E-state index contributed by atoms with van der Waals surface area (Å²) >= 11 is 3.40. The number of rotatable bonds is 6. The number of nitrogens with zero attached hydrogens (tertiary/aromatic N) is 2. The summed E-state index contributed by atoms with van der Waals surface area (Å²) in [4.78, 5) is 20.6. The monoisotopic (exact) mass is 362 g/mol. The van der Waals surface area contributed by atoms with Gasteiger partial charge in [0.1, 0.15) is 5.69 Å². The van der Waals surface area contributed by atoms with Crippen LogP contribution in [0.1, 0.15) is 30.8 Å². The van der Waals surface area contributed by atoms with E-state index in [4.69, 9.17) is 0 Å². The third-order valence-electron chi connectivity index (χ3n) is 3.02. The van der Waals surface area contributed by atoms with Gasteiger partial charge in [-0.15, -0.1) is 0 Å². The molecule has 0 spiro atoms. The van der Waals surface area contributed by atoms with Crippen molar-refractivity contribution in [1.29, 1.82) is 0 Å². The van der Waals surface area contributed by atoms with E-state index < -0.39 is 0 Å². The SMILES string of the molecule is CC(C)CCNc1nccc(C(=O)Nc2ccccc2Br)n1. The van der Waals surface area contributed by atoms with Gasteiger partial charge in [-0.1, -0.05) is 26.0 Å². The second kappa shape index (κ2) is 7.89. The van der Waals surface area contributed by atoms with Crippen LogP contribution in [-0.4, -0.2) is 22.4 Å². The number of anilines is 2. The van der Waals surface area contributed by atoms with Gasteiger partial charge in [0.15, 0.2) is 0 Å². The molecule has 0 saturated heterocycles. The summed E-state index contributed by atoms with van der Waals surface area (Å²) < 4.78 is 0.827. The van der Waals surface area contributed by atoms with Crippen molar-refractivity contribution in [3.8, 4) is 0 Å². The first-order valence-corrected chi connectivity index (χ1v) is 7.98. The predicted octanol–water partition coefficient (Wildman–Crippen LogP) is 3.95. The molecule has 0 atom stereocenters. The maximum Gasteiger partial charge on any atom is 0.274 e. The first-order valence-electron chi connectivity index (χ1n) is 7.19. The molecule has 1 amide bonds. The molecular weight excluding hydrogens is 344 g/mol. The summed E-state index contributed by atoms with van der Waals surface area (Å²) in [5, 5.41) is 5.96. The Labute approximate surface area is 138 Å². The normalized spacial score (nSPS) is 10.5. The molecule has 6 heteroatoms. The summed E-state index contributed by atoms with van der Waals surface area (Å²) in [6, 6.07) is 9.04. The highest BCUT2D eigenvalue weighted by Crippen LogP contribution is 2.21. The summed E-state index contributed by atoms with van der Waals surface area (Å²) in [5.41, 5.74) is 1.04. The molecule has 0 fully saturated rings. The number of hydrogen-bond donors (Lipinski definition) is 2. The molecule has 1 aromatic carbocycles. The van der Waals surface area contributed by atoms with Gasteiger partial charge in [0.05, 0.1) is 5.69 Å². The summed E-state index contributed by atoms with van der Waals surface area (Å²) in [6.45, 7) is 5.10. The zero-order valence-electron chi connectivity index (χ0n) is 12.6. The molecule has 2 N–H and O–H groups in total. The average molecular weight is 363 g/mol. The lowest BCUT2D eigenvalue weighted by Gasteiger charge is -2.09. The van der Waals surface area contributed by atoms with Crippen LogP contribution in [0.4, 0.5) is 11.6 Å². The predicted molar refractivity (Wildman–Crippen MR) is 92.1 cm³/mol. The van der Waals surface area contributed by atoms with E-state index in [1.165, 1.54) is 0 Å². The van der Waals surface area contributed by atoms with Crippen LogP contribution in [0.3, 0.4) is 0 Å². The lowest BCUT2D eigenvalue weighted by atomic mass is 10.1. The summed E-state index contributed by atoms with van der Waals surface area (Å²) in [7, 11) is 0. The smallest absolute Gasteiger partial charge is 0.274 e. The van der Waals surface area contributed by atoms with Gasteiger partial charge in [-0.05, 0) is 46.5 Å². The Morgan fingerprint density at radius 3 is 2.77 bits per heavy atom. The maximum atomic E-state index is 12.3. The Balaban J connectivity index is 2.02. The second-order valence-corrected chi connectivity index (χ2v) is 6.16. The van der Waals surface area contributed by atoms with Crippen molar-refractivity contribution in [3.05, 3.63) is 46.7 Å². The standard InChI is InChI=1S/C16H19BrN4O/c1-11(2)7-9-18-16-19-10-8-14(21-16)15(22)20-13-6-4-3-5-12(13)17/h3-6,8,10-11H,7,9H2,1-2H3,(H,20,22)(H,18,19,21). The first kappa shape index (κ1) is 16.4. The lowest BCUT2D eigenvalue weighted by molar-refractivity contribution is 0.102. The molecule has 0 aliphatic rings. The molecular formula is C16H19BrN4O. The number of aromatic nitrogens is 2. The van der Waals surface area contributed by atoms with Gasteiger partial charge in [0, 0.05) is 17.2 Å². The van der Waals surface area contributed by atoms with Crippen LogP contribution in [0.15, 0.2) is 41.0 Å². The van der Waals surface area contributed by atoms with Crippen molar-refractivity contribution in [2.24, 2.45) is 5.92 Å². The van der Waals surface area contributed by atoms with Crippen LogP contribution in [0.2, 0.25) is 0 Å². The zero-order valence-corrected chi connectivity index (χ0v) is 14.2. The summed E-state index contributed by atoms with van der Waals surface area (Å²) in [6.07, 6.45) is 2.61. The lowest BCUT2D eigenvalue weighted by Crippen LogP contribution is -2.16. The van der Waals surface area contributed by atoms with Crippen LogP contribution in [0, 0.1) is 5.92 Å². The van der Waals surface area contributed by atoms with Crippen molar-refractivity contribution < 1.29 is 4.79 Å². The van der Waals surface area contributed by atoms with Gasteiger partial charge >= 0.3 is 0 Å². The van der Waals surface area contributed by atoms with Crippen LogP contribution in [0.25, 0.3) is 0 Å². The number of carbonyl (C=O) groups is 1. The molecule has 0 unspecified atom stereocenters. The fourth-order valence-electron chi connectivity index (χ4n) is 1.79. The molecule has 22 heavy (non-hydrogen) atoms. The number of benzene rings is 1. The minimum atomic E-state index is -0.263. The van der Waals surface area contributed by atoms with E-state index in [1.54, 1.807) is 12.3 Å². The average Bonchev–Trinajstić information content (AvgIpc) is 2.49. The van der Waals surface area contributed by atoms with Gasteiger partial charge < -0.3 is 10.6 Å². The van der Waals surface area contributed by atoms with E-state index in [0.717, 1.165) is 17.4 Å². The van der Waals surface area contributed by atoms with Gasteiger partial charge in [0.2, 0.25) is 5.95 Å². The van der Waals surface area contributed by atoms with Crippen LogP contribution < -0.4 is 10.6 Å². The van der Waals surface area contributed by atoms with Crippen molar-refractivity contribution in [3.63, 3.8) is 0 Å². The van der Waals surface area contributed by atoms with E-state index in [-0.39, 0.29) is 5.91 Å². The van der Waals surface area contributed by atoms with Crippen molar-refractivity contribution in [2.45, 2.75) is 20.3 Å². The third kappa shape index (κ3) is 4.80. The van der Waals surface area contributed by atoms with Gasteiger partial charge in [-0.3, -0.25) is 4.79 Å². The quantitative estimate of drug-likeness (QED) is 0.816. The number of nitrogens with one attached hydrogen (secondary N) is 2. The molecule has 0 saturated carbocycles. The molecule has 1 heterocycles. The Morgan fingerprint density at radius 1 is 1.27 bits per heavy atom. The molecule has 5 nitrogen and oxygen atoms in total. The number of carbonyl (C=O) groups excluding carboxylic acids is 1. The Hall–Kier alpha value is -1.95. The molecule has 116 valence electrons. The van der Waals surface area contributed by atoms with Crippen LogP contribution >= 0.6 is 15.9 Å². The first-order chi connectivity index (χ1) is 10.6. The highest BCUT2D eigenvalue weighted by Gasteiger charge is 2.10. The van der Waals surface area contributed by atoms with E-state index in [0.29, 0.717) is 23.2 Å². The number of hydrogen-bond acceptors (Lipinski definition) is 4. The van der Waals surface area contributed by atoms with Gasteiger partial charge in [-0.25, -0.2) is 9.97 Å². The molecule has 0 bridgehead atoms. The largest absolute Gasteiger partial charge is 0.354 e. The Morgan fingerprint density at radius 2 is 2.05 bits per heavy atom. The maximum absolute atomic E-state index is 12.3. The van der Waals surface area contributed by atoms with Crippen molar-refractivity contribution in [1.82, 2.24) is 9.97 Å². The van der Waals surface area contributed by atoms with E-state index in [2.05, 4.69) is 50.4 Å². The molecule has 2 aromatic rings. The highest BCUT2D eigenvalue weighted by atomic mass is 79.9. The van der Waals surface area contributed by atoms with Gasteiger partial charge in [-0.2, -0.15) is 0 Å². The van der Waals surface area contributed by atoms with Gasteiger partial charge in [0.25, 0.3) is 5.91 Å². The topological polar surface area (TPSA) is 66.9 Å². The van der Waals surface area contributed by atoms with E-state index >= 15 is 0 Å². The molecule has 2 rings (SSSR count). The fourth-order valence-corrected chi connectivity index (χ4v) is 2.18. The minimum absolute atomic E-state index is 0.263. The highest BCUT2D eigenvalue weighted by molar-refractivity contribution is 9.10. The Bertz CT molecular complexity index is 646. The van der Waals surface area contributed by atoms with Crippen molar-refractivity contribution >= 4 is 33.5 Å². The molecule has 0 aliphatic carbocycles. The third-order valence-corrected chi connectivity index (χ3v) is 3.71. The summed E-state index contributed by atoms with van der Waals surface area (Å²) in [5.74, 6) is 0.816.